The van der Waals surface area contributed by atoms with Gasteiger partial charge < -0.3 is 10.4 Å². The number of quaternary nitrogens is 1. The third kappa shape index (κ3) is 3.90. The highest BCUT2D eigenvalue weighted by Crippen LogP contribution is 2.08. The molecule has 14 heavy (non-hydrogen) atoms. The Kier molecular flexibility index (Phi) is 4.63. The summed E-state index contributed by atoms with van der Waals surface area (Å²) < 4.78 is 0. The molecule has 0 amide bonds. The van der Waals surface area contributed by atoms with Gasteiger partial charge in [0.05, 0.1) is 6.54 Å². The number of benzene rings is 1. The molecule has 0 heterocycles. The molecule has 0 bridgehead atoms. The molecule has 1 aromatic carbocycles. The lowest BCUT2D eigenvalue weighted by Gasteiger charge is -2.10. The van der Waals surface area contributed by atoms with Crippen LogP contribution >= 0.6 is 0 Å². The Morgan fingerprint density at radius 1 is 1.14 bits per heavy atom. The molecule has 0 unspecified atom stereocenters. The summed E-state index contributed by atoms with van der Waals surface area (Å²) in [6, 6.07) is 9.82. The predicted molar refractivity (Wildman–Crippen MR) is 57.9 cm³/mol. The van der Waals surface area contributed by atoms with Crippen molar-refractivity contribution in [3.8, 4) is 0 Å². The third-order valence-corrected chi connectivity index (χ3v) is 2.21. The van der Waals surface area contributed by atoms with Crippen LogP contribution in [0, 0.1) is 5.92 Å². The fourth-order valence-corrected chi connectivity index (χ4v) is 1.40. The highest BCUT2D eigenvalue weighted by molar-refractivity contribution is 5.16. The van der Waals surface area contributed by atoms with Crippen LogP contribution < -0.4 is 5.32 Å². The summed E-state index contributed by atoms with van der Waals surface area (Å²) in [5.41, 5.74) is 1.01. The van der Waals surface area contributed by atoms with E-state index in [0.717, 1.165) is 18.7 Å². The lowest BCUT2D eigenvalue weighted by atomic mass is 10.1. The van der Waals surface area contributed by atoms with Gasteiger partial charge in [0.1, 0.15) is 12.6 Å². The molecule has 0 aliphatic rings. The van der Waals surface area contributed by atoms with E-state index in [1.54, 1.807) is 0 Å². The first-order chi connectivity index (χ1) is 6.70. The van der Waals surface area contributed by atoms with E-state index in [1.165, 1.54) is 0 Å². The molecule has 0 saturated carbocycles. The summed E-state index contributed by atoms with van der Waals surface area (Å²) in [6.45, 7) is 6.20. The van der Waals surface area contributed by atoms with Crippen molar-refractivity contribution in [2.45, 2.75) is 20.0 Å². The van der Waals surface area contributed by atoms with Crippen LogP contribution in [0.2, 0.25) is 0 Å². The van der Waals surface area contributed by atoms with Crippen molar-refractivity contribution in [1.82, 2.24) is 0 Å². The molecule has 0 fully saturated rings. The van der Waals surface area contributed by atoms with E-state index in [9.17, 15) is 5.11 Å². The first kappa shape index (κ1) is 11.2. The zero-order chi connectivity index (χ0) is 10.4. The van der Waals surface area contributed by atoms with Crippen molar-refractivity contribution in [2.24, 2.45) is 5.92 Å². The molecule has 0 aliphatic carbocycles. The first-order valence-corrected chi connectivity index (χ1v) is 5.25. The van der Waals surface area contributed by atoms with Crippen LogP contribution in [0.4, 0.5) is 0 Å². The smallest absolute Gasteiger partial charge is 0.128 e. The quantitative estimate of drug-likeness (QED) is 0.719. The van der Waals surface area contributed by atoms with Gasteiger partial charge >= 0.3 is 0 Å². The molecule has 0 radical (unpaired) electrons. The molecule has 1 aromatic rings. The van der Waals surface area contributed by atoms with Gasteiger partial charge in [0, 0.05) is 5.92 Å². The highest BCUT2D eigenvalue weighted by atomic mass is 16.3. The maximum Gasteiger partial charge on any atom is 0.128 e. The number of rotatable bonds is 5. The zero-order valence-electron chi connectivity index (χ0n) is 8.98. The van der Waals surface area contributed by atoms with Crippen molar-refractivity contribution >= 4 is 0 Å². The minimum absolute atomic E-state index is 0.338. The molecule has 1 rings (SSSR count). The fraction of sp³-hybridized carbons (Fsp3) is 0.500. The van der Waals surface area contributed by atoms with Crippen molar-refractivity contribution in [3.63, 3.8) is 0 Å². The molecule has 3 N–H and O–H groups in total. The van der Waals surface area contributed by atoms with Crippen molar-refractivity contribution in [3.05, 3.63) is 35.9 Å². The van der Waals surface area contributed by atoms with Crippen molar-refractivity contribution in [1.29, 1.82) is 0 Å². The van der Waals surface area contributed by atoms with Gasteiger partial charge in [-0.05, 0) is 5.56 Å². The van der Waals surface area contributed by atoms with Crippen LogP contribution in [0.5, 0.6) is 0 Å². The second-order valence-corrected chi connectivity index (χ2v) is 4.08. The Hall–Kier alpha value is -0.860. The Bertz CT molecular complexity index is 246. The number of aliphatic hydroxyl groups is 1. The maximum atomic E-state index is 9.80. The first-order valence-electron chi connectivity index (χ1n) is 5.25. The fourth-order valence-electron chi connectivity index (χ4n) is 1.40. The Labute approximate surface area is 86.0 Å². The molecule has 2 nitrogen and oxygen atoms in total. The largest absolute Gasteiger partial charge is 0.382 e. The third-order valence-electron chi connectivity index (χ3n) is 2.21. The van der Waals surface area contributed by atoms with E-state index in [0.29, 0.717) is 5.92 Å². The Morgan fingerprint density at radius 2 is 1.79 bits per heavy atom. The lowest BCUT2D eigenvalue weighted by molar-refractivity contribution is -0.666. The molecular weight excluding hydrogens is 174 g/mol. The number of hydrogen-bond acceptors (Lipinski definition) is 1. The van der Waals surface area contributed by atoms with Gasteiger partial charge in [-0.15, -0.1) is 0 Å². The topological polar surface area (TPSA) is 36.8 Å². The number of hydrogen-bond donors (Lipinski definition) is 2. The SMILES string of the molecule is CC(C)C[NH2+]C[C@@H](O)c1ccccc1. The summed E-state index contributed by atoms with van der Waals surface area (Å²) in [5.74, 6) is 0.679. The second kappa shape index (κ2) is 5.78. The van der Waals surface area contributed by atoms with Gasteiger partial charge in [-0.25, -0.2) is 0 Å². The van der Waals surface area contributed by atoms with Crippen LogP contribution in [-0.4, -0.2) is 18.2 Å². The van der Waals surface area contributed by atoms with Crippen LogP contribution in [0.1, 0.15) is 25.5 Å². The lowest BCUT2D eigenvalue weighted by Crippen LogP contribution is -2.86. The zero-order valence-corrected chi connectivity index (χ0v) is 8.98. The summed E-state index contributed by atoms with van der Waals surface area (Å²) in [5, 5.41) is 12.0. The van der Waals surface area contributed by atoms with E-state index < -0.39 is 0 Å². The average Bonchev–Trinajstić information content (AvgIpc) is 2.18. The molecule has 1 atom stereocenters. The monoisotopic (exact) mass is 194 g/mol. The normalized spacial score (nSPS) is 13.1. The van der Waals surface area contributed by atoms with Gasteiger partial charge in [-0.1, -0.05) is 44.2 Å². The summed E-state index contributed by atoms with van der Waals surface area (Å²) >= 11 is 0. The summed E-state index contributed by atoms with van der Waals surface area (Å²) in [7, 11) is 0. The van der Waals surface area contributed by atoms with Gasteiger partial charge in [-0.2, -0.15) is 0 Å². The molecule has 78 valence electrons. The number of nitrogens with two attached hydrogens (primary N) is 1. The van der Waals surface area contributed by atoms with E-state index in [2.05, 4.69) is 19.2 Å². The summed E-state index contributed by atoms with van der Waals surface area (Å²) in [6.07, 6.45) is -0.338. The molecule has 0 aliphatic heterocycles. The van der Waals surface area contributed by atoms with Crippen molar-refractivity contribution < 1.29 is 10.4 Å². The van der Waals surface area contributed by atoms with E-state index >= 15 is 0 Å². The Balaban J connectivity index is 2.32. The molecular formula is C12H20NO+. The molecule has 0 aromatic heterocycles. The van der Waals surface area contributed by atoms with E-state index in [-0.39, 0.29) is 6.10 Å². The van der Waals surface area contributed by atoms with E-state index in [4.69, 9.17) is 0 Å². The van der Waals surface area contributed by atoms with Gasteiger partial charge in [0.15, 0.2) is 0 Å². The molecule has 0 saturated heterocycles. The van der Waals surface area contributed by atoms with Crippen LogP contribution in [0.3, 0.4) is 0 Å². The standard InChI is InChI=1S/C12H19NO/c1-10(2)8-13-9-12(14)11-6-4-3-5-7-11/h3-7,10,12-14H,8-9H2,1-2H3/p+1/t12-/m1/s1. The van der Waals surface area contributed by atoms with Crippen molar-refractivity contribution in [2.75, 3.05) is 13.1 Å². The van der Waals surface area contributed by atoms with Crippen LogP contribution in [0.15, 0.2) is 30.3 Å². The van der Waals surface area contributed by atoms with Gasteiger partial charge in [0.2, 0.25) is 0 Å². The van der Waals surface area contributed by atoms with E-state index in [1.807, 2.05) is 30.3 Å². The minimum Gasteiger partial charge on any atom is -0.382 e. The van der Waals surface area contributed by atoms with Crippen LogP contribution in [0.25, 0.3) is 0 Å². The number of aliphatic hydroxyl groups excluding tert-OH is 1. The molecule has 0 spiro atoms. The minimum atomic E-state index is -0.338. The van der Waals surface area contributed by atoms with Gasteiger partial charge in [0.25, 0.3) is 0 Å². The second-order valence-electron chi connectivity index (χ2n) is 4.08. The van der Waals surface area contributed by atoms with Gasteiger partial charge in [-0.3, -0.25) is 0 Å². The summed E-state index contributed by atoms with van der Waals surface area (Å²) in [4.78, 5) is 0. The average molecular weight is 194 g/mol. The molecule has 2 heteroatoms. The maximum absolute atomic E-state index is 9.80. The Morgan fingerprint density at radius 3 is 2.36 bits per heavy atom. The predicted octanol–water partition coefficient (Wildman–Crippen LogP) is 0.939. The van der Waals surface area contributed by atoms with Crippen LogP contribution in [-0.2, 0) is 0 Å². The highest BCUT2D eigenvalue weighted by Gasteiger charge is 2.08.